The molecule has 6 nitrogen and oxygen atoms in total. The van der Waals surface area contributed by atoms with Gasteiger partial charge in [-0.05, 0) is 37.1 Å². The number of sulfonamides is 1. The molecule has 0 atom stereocenters. The number of halogens is 1. The fraction of sp³-hybridized carbons (Fsp3) is 0.462. The molecule has 8 heteroatoms. The van der Waals surface area contributed by atoms with Crippen LogP contribution >= 0.6 is 0 Å². The van der Waals surface area contributed by atoms with Crippen LogP contribution < -0.4 is 5.48 Å². The Morgan fingerprint density at radius 3 is 2.38 bits per heavy atom. The molecule has 1 aliphatic heterocycles. The third-order valence-electron chi connectivity index (χ3n) is 3.48. The topological polar surface area (TPSA) is 75.7 Å². The number of hydrogen-bond donors (Lipinski definition) is 1. The predicted octanol–water partition coefficient (Wildman–Crippen LogP) is 0.904. The molecule has 1 N–H and O–H groups in total. The lowest BCUT2D eigenvalue weighted by Crippen LogP contribution is -2.42. The molecule has 1 aliphatic rings. The average Bonchev–Trinajstić information content (AvgIpc) is 2.48. The molecule has 1 saturated heterocycles. The summed E-state index contributed by atoms with van der Waals surface area (Å²) in [4.78, 5) is 16.2. The Labute approximate surface area is 122 Å². The first-order valence-corrected chi connectivity index (χ1v) is 7.97. The van der Waals surface area contributed by atoms with E-state index in [4.69, 9.17) is 0 Å². The number of nitrogens with one attached hydrogen (secondary N) is 1. The van der Waals surface area contributed by atoms with Gasteiger partial charge in [-0.1, -0.05) is 0 Å². The number of carbonyl (C=O) groups is 1. The molecule has 21 heavy (non-hydrogen) atoms. The van der Waals surface area contributed by atoms with Crippen LogP contribution in [-0.4, -0.2) is 38.8 Å². The van der Waals surface area contributed by atoms with Crippen LogP contribution in [0, 0.1) is 11.7 Å². The van der Waals surface area contributed by atoms with E-state index < -0.39 is 15.8 Å². The quantitative estimate of drug-likeness (QED) is 0.838. The summed E-state index contributed by atoms with van der Waals surface area (Å²) in [5.41, 5.74) is 2.26. The fourth-order valence-electron chi connectivity index (χ4n) is 2.30. The number of nitrogens with zero attached hydrogens (tertiary/aromatic N) is 1. The van der Waals surface area contributed by atoms with Crippen LogP contribution in [0.1, 0.15) is 12.8 Å². The number of carbonyl (C=O) groups excluding carboxylic acids is 1. The maximum absolute atomic E-state index is 12.9. The van der Waals surface area contributed by atoms with E-state index in [9.17, 15) is 17.6 Å². The molecule has 1 aromatic rings. The SMILES string of the molecule is CONC(=O)C1CCN(S(=O)(=O)c2ccc(F)cc2)CC1. The zero-order valence-corrected chi connectivity index (χ0v) is 12.4. The number of amides is 1. The van der Waals surface area contributed by atoms with Gasteiger partial charge in [0.2, 0.25) is 15.9 Å². The van der Waals surface area contributed by atoms with Crippen LogP contribution in [0.15, 0.2) is 29.2 Å². The van der Waals surface area contributed by atoms with E-state index in [0.717, 1.165) is 12.1 Å². The first kappa shape index (κ1) is 15.9. The summed E-state index contributed by atoms with van der Waals surface area (Å²) in [5.74, 6) is -0.982. The van der Waals surface area contributed by atoms with Crippen LogP contribution in [0.3, 0.4) is 0 Å². The lowest BCUT2D eigenvalue weighted by molar-refractivity contribution is -0.136. The van der Waals surface area contributed by atoms with Crippen molar-refractivity contribution in [3.05, 3.63) is 30.1 Å². The van der Waals surface area contributed by atoms with Gasteiger partial charge in [-0.3, -0.25) is 9.63 Å². The Morgan fingerprint density at radius 2 is 1.86 bits per heavy atom. The Balaban J connectivity index is 2.04. The molecule has 1 heterocycles. The minimum atomic E-state index is -3.64. The van der Waals surface area contributed by atoms with Crippen molar-refractivity contribution in [3.63, 3.8) is 0 Å². The molecule has 2 rings (SSSR count). The second-order valence-corrected chi connectivity index (χ2v) is 6.74. The van der Waals surface area contributed by atoms with Gasteiger partial charge in [-0.2, -0.15) is 4.31 Å². The van der Waals surface area contributed by atoms with Crippen molar-refractivity contribution in [1.82, 2.24) is 9.79 Å². The fourth-order valence-corrected chi connectivity index (χ4v) is 3.77. The zero-order valence-electron chi connectivity index (χ0n) is 11.6. The zero-order chi connectivity index (χ0) is 15.5. The largest absolute Gasteiger partial charge is 0.277 e. The molecule has 0 spiro atoms. The molecular weight excluding hydrogens is 299 g/mol. The lowest BCUT2D eigenvalue weighted by atomic mass is 9.98. The maximum Gasteiger partial charge on any atom is 0.246 e. The Morgan fingerprint density at radius 1 is 1.29 bits per heavy atom. The molecular formula is C13H17FN2O4S. The van der Waals surface area contributed by atoms with Crippen LogP contribution in [0.5, 0.6) is 0 Å². The van der Waals surface area contributed by atoms with Crippen molar-refractivity contribution >= 4 is 15.9 Å². The molecule has 1 fully saturated rings. The highest BCUT2D eigenvalue weighted by molar-refractivity contribution is 7.89. The standard InChI is InChI=1S/C13H17FN2O4S/c1-20-15-13(17)10-6-8-16(9-7-10)21(18,19)12-4-2-11(14)3-5-12/h2-5,10H,6-9H2,1H3,(H,15,17). The van der Waals surface area contributed by atoms with Crippen molar-refractivity contribution in [2.45, 2.75) is 17.7 Å². The highest BCUT2D eigenvalue weighted by Crippen LogP contribution is 2.24. The van der Waals surface area contributed by atoms with Crippen LogP contribution in [0.25, 0.3) is 0 Å². The van der Waals surface area contributed by atoms with Gasteiger partial charge in [0.05, 0.1) is 12.0 Å². The van der Waals surface area contributed by atoms with E-state index in [2.05, 4.69) is 10.3 Å². The Kier molecular flexibility index (Phi) is 4.92. The summed E-state index contributed by atoms with van der Waals surface area (Å²) in [6.45, 7) is 0.503. The van der Waals surface area contributed by atoms with E-state index in [0.29, 0.717) is 12.8 Å². The smallest absolute Gasteiger partial charge is 0.246 e. The maximum atomic E-state index is 12.9. The van der Waals surface area contributed by atoms with Crippen LogP contribution in [0.4, 0.5) is 4.39 Å². The molecule has 0 saturated carbocycles. The second-order valence-electron chi connectivity index (χ2n) is 4.80. The number of hydroxylamine groups is 1. The Bertz CT molecular complexity index is 595. The summed E-state index contributed by atoms with van der Waals surface area (Å²) >= 11 is 0. The molecule has 116 valence electrons. The third-order valence-corrected chi connectivity index (χ3v) is 5.39. The van der Waals surface area contributed by atoms with Crippen molar-refractivity contribution in [3.8, 4) is 0 Å². The van der Waals surface area contributed by atoms with Gasteiger partial charge in [-0.15, -0.1) is 0 Å². The summed E-state index contributed by atoms with van der Waals surface area (Å²) in [6.07, 6.45) is 0.852. The van der Waals surface area contributed by atoms with Crippen LogP contribution in [0.2, 0.25) is 0 Å². The van der Waals surface area contributed by atoms with Gasteiger partial charge < -0.3 is 0 Å². The summed E-state index contributed by atoms with van der Waals surface area (Å²) in [6, 6.07) is 4.72. The minimum Gasteiger partial charge on any atom is -0.277 e. The molecule has 0 radical (unpaired) electrons. The Hall–Kier alpha value is -1.51. The highest BCUT2D eigenvalue weighted by atomic mass is 32.2. The molecule has 0 aliphatic carbocycles. The van der Waals surface area contributed by atoms with Crippen molar-refractivity contribution < 1.29 is 22.4 Å². The van der Waals surface area contributed by atoms with Gasteiger partial charge in [-0.25, -0.2) is 18.3 Å². The van der Waals surface area contributed by atoms with Gasteiger partial charge in [0.25, 0.3) is 0 Å². The molecule has 1 aromatic carbocycles. The molecule has 0 unspecified atom stereocenters. The predicted molar refractivity (Wildman–Crippen MR) is 73.0 cm³/mol. The number of rotatable bonds is 4. The summed E-state index contributed by atoms with van der Waals surface area (Å²) < 4.78 is 38.9. The van der Waals surface area contributed by atoms with Gasteiger partial charge in [0.1, 0.15) is 5.82 Å². The van der Waals surface area contributed by atoms with Gasteiger partial charge >= 0.3 is 0 Å². The lowest BCUT2D eigenvalue weighted by Gasteiger charge is -2.30. The monoisotopic (exact) mass is 316 g/mol. The normalized spacial score (nSPS) is 17.6. The average molecular weight is 316 g/mol. The van der Waals surface area contributed by atoms with E-state index >= 15 is 0 Å². The van der Waals surface area contributed by atoms with E-state index in [-0.39, 0.29) is 29.8 Å². The number of piperidine rings is 1. The number of benzene rings is 1. The van der Waals surface area contributed by atoms with Crippen molar-refractivity contribution in [1.29, 1.82) is 0 Å². The molecule has 0 bridgehead atoms. The van der Waals surface area contributed by atoms with Gasteiger partial charge in [0.15, 0.2) is 0 Å². The van der Waals surface area contributed by atoms with Crippen LogP contribution in [-0.2, 0) is 19.7 Å². The van der Waals surface area contributed by atoms with Gasteiger partial charge in [0, 0.05) is 19.0 Å². The first-order valence-electron chi connectivity index (χ1n) is 6.53. The summed E-state index contributed by atoms with van der Waals surface area (Å²) in [5, 5.41) is 0. The molecule has 0 aromatic heterocycles. The van der Waals surface area contributed by atoms with E-state index in [1.54, 1.807) is 0 Å². The summed E-state index contributed by atoms with van der Waals surface area (Å²) in [7, 11) is -2.28. The first-order chi connectivity index (χ1) is 9.95. The van der Waals surface area contributed by atoms with E-state index in [1.165, 1.54) is 23.5 Å². The highest BCUT2D eigenvalue weighted by Gasteiger charge is 2.32. The third kappa shape index (κ3) is 3.58. The molecule has 1 amide bonds. The second kappa shape index (κ2) is 6.50. The number of hydrogen-bond acceptors (Lipinski definition) is 4. The minimum absolute atomic E-state index is 0.0590. The van der Waals surface area contributed by atoms with Crippen molar-refractivity contribution in [2.24, 2.45) is 5.92 Å². The van der Waals surface area contributed by atoms with E-state index in [1.807, 2.05) is 0 Å². The van der Waals surface area contributed by atoms with Crippen molar-refractivity contribution in [2.75, 3.05) is 20.2 Å².